The summed E-state index contributed by atoms with van der Waals surface area (Å²) in [6.07, 6.45) is 0. The van der Waals surface area contributed by atoms with E-state index in [0.717, 1.165) is 11.0 Å². The number of halogens is 1. The van der Waals surface area contributed by atoms with Gasteiger partial charge in [-0.2, -0.15) is 0 Å². The zero-order valence-corrected chi connectivity index (χ0v) is 7.72. The smallest absolute Gasteiger partial charge is 0.176 e. The average Bonchev–Trinajstić information content (AvgIpc) is 2.46. The first kappa shape index (κ1) is 8.26. The molecule has 1 N–H and O–H groups in total. The lowest BCUT2D eigenvalue weighted by atomic mass is 10.3. The summed E-state index contributed by atoms with van der Waals surface area (Å²) in [5.41, 5.74) is 2.11. The number of aromatic nitrogens is 2. The van der Waals surface area contributed by atoms with Crippen molar-refractivity contribution in [2.24, 2.45) is 0 Å². The number of fused-ring (bicyclic) bond motifs is 1. The standard InChI is InChI=1S/C9H7ClN2O/c1-5(13)7-4-8-6(11-7)2-3-9(10)12-8/h2-4,11H,1H3. The predicted molar refractivity (Wildman–Crippen MR) is 51.1 cm³/mol. The molecule has 0 saturated heterocycles. The van der Waals surface area contributed by atoms with Crippen molar-refractivity contribution in [2.75, 3.05) is 0 Å². The van der Waals surface area contributed by atoms with E-state index in [1.54, 1.807) is 18.2 Å². The fourth-order valence-electron chi connectivity index (χ4n) is 1.17. The molecule has 0 atom stereocenters. The molecule has 66 valence electrons. The van der Waals surface area contributed by atoms with Crippen LogP contribution in [0.2, 0.25) is 5.15 Å². The van der Waals surface area contributed by atoms with Crippen molar-refractivity contribution in [2.45, 2.75) is 6.92 Å². The molecule has 2 aromatic rings. The summed E-state index contributed by atoms with van der Waals surface area (Å²) in [5.74, 6) is -0.00544. The Morgan fingerprint density at radius 2 is 2.31 bits per heavy atom. The van der Waals surface area contributed by atoms with Crippen LogP contribution in [0, 0.1) is 0 Å². The van der Waals surface area contributed by atoms with Gasteiger partial charge in [0.1, 0.15) is 5.15 Å². The van der Waals surface area contributed by atoms with Crippen molar-refractivity contribution < 1.29 is 4.79 Å². The maximum Gasteiger partial charge on any atom is 0.176 e. The second-order valence-electron chi connectivity index (χ2n) is 2.81. The first-order valence-corrected chi connectivity index (χ1v) is 4.21. The van der Waals surface area contributed by atoms with Crippen LogP contribution in [0.15, 0.2) is 18.2 Å². The van der Waals surface area contributed by atoms with Gasteiger partial charge in [-0.15, -0.1) is 0 Å². The van der Waals surface area contributed by atoms with Gasteiger partial charge in [0.15, 0.2) is 5.78 Å². The fourth-order valence-corrected chi connectivity index (χ4v) is 1.33. The number of aromatic amines is 1. The second-order valence-corrected chi connectivity index (χ2v) is 3.19. The van der Waals surface area contributed by atoms with E-state index in [1.807, 2.05) is 0 Å². The Labute approximate surface area is 79.7 Å². The molecule has 2 heterocycles. The number of ketones is 1. The number of carbonyl (C=O) groups is 1. The van der Waals surface area contributed by atoms with Gasteiger partial charge in [0.2, 0.25) is 0 Å². The molecule has 0 spiro atoms. The summed E-state index contributed by atoms with van der Waals surface area (Å²) in [4.78, 5) is 18.0. The maximum atomic E-state index is 11.0. The second kappa shape index (κ2) is 2.85. The van der Waals surface area contributed by atoms with E-state index in [4.69, 9.17) is 11.6 Å². The minimum Gasteiger partial charge on any atom is -0.351 e. The lowest BCUT2D eigenvalue weighted by molar-refractivity contribution is 0.101. The van der Waals surface area contributed by atoms with Gasteiger partial charge in [-0.1, -0.05) is 11.6 Å². The number of H-pyrrole nitrogens is 1. The van der Waals surface area contributed by atoms with Gasteiger partial charge in [0.25, 0.3) is 0 Å². The summed E-state index contributed by atoms with van der Waals surface area (Å²) >= 11 is 5.70. The molecule has 0 unspecified atom stereocenters. The van der Waals surface area contributed by atoms with Crippen molar-refractivity contribution in [3.63, 3.8) is 0 Å². The van der Waals surface area contributed by atoms with E-state index in [2.05, 4.69) is 9.97 Å². The summed E-state index contributed by atoms with van der Waals surface area (Å²) in [6, 6.07) is 5.19. The Bertz CT molecular complexity index is 475. The molecule has 0 amide bonds. The largest absolute Gasteiger partial charge is 0.351 e. The summed E-state index contributed by atoms with van der Waals surface area (Å²) in [6.45, 7) is 1.51. The Hall–Kier alpha value is -1.35. The van der Waals surface area contributed by atoms with Crippen LogP contribution in [0.4, 0.5) is 0 Å². The third-order valence-electron chi connectivity index (χ3n) is 1.82. The van der Waals surface area contributed by atoms with Gasteiger partial charge in [-0.3, -0.25) is 4.79 Å². The van der Waals surface area contributed by atoms with Crippen LogP contribution in [0.1, 0.15) is 17.4 Å². The van der Waals surface area contributed by atoms with Crippen molar-refractivity contribution in [1.29, 1.82) is 0 Å². The molecule has 3 nitrogen and oxygen atoms in total. The minimum atomic E-state index is -0.00544. The fraction of sp³-hybridized carbons (Fsp3) is 0.111. The lowest BCUT2D eigenvalue weighted by Gasteiger charge is -1.88. The van der Waals surface area contributed by atoms with Crippen molar-refractivity contribution >= 4 is 28.4 Å². The molecule has 0 bridgehead atoms. The third kappa shape index (κ3) is 1.42. The monoisotopic (exact) mass is 194 g/mol. The van der Waals surface area contributed by atoms with Crippen LogP contribution in [-0.4, -0.2) is 15.8 Å². The summed E-state index contributed by atoms with van der Waals surface area (Å²) in [5, 5.41) is 0.432. The molecule has 2 aromatic heterocycles. The van der Waals surface area contributed by atoms with Gasteiger partial charge in [-0.05, 0) is 18.2 Å². The zero-order valence-electron chi connectivity index (χ0n) is 6.97. The quantitative estimate of drug-likeness (QED) is 0.560. The number of rotatable bonds is 1. The molecule has 0 aliphatic heterocycles. The molecular formula is C9H7ClN2O. The molecule has 13 heavy (non-hydrogen) atoms. The van der Waals surface area contributed by atoms with E-state index in [0.29, 0.717) is 10.8 Å². The molecule has 0 radical (unpaired) electrons. The third-order valence-corrected chi connectivity index (χ3v) is 2.03. The van der Waals surface area contributed by atoms with Crippen LogP contribution in [0.25, 0.3) is 11.0 Å². The Morgan fingerprint density at radius 3 is 3.00 bits per heavy atom. The molecule has 0 fully saturated rings. The molecule has 0 aliphatic carbocycles. The highest BCUT2D eigenvalue weighted by atomic mass is 35.5. The van der Waals surface area contributed by atoms with Gasteiger partial charge >= 0.3 is 0 Å². The number of pyridine rings is 1. The highest BCUT2D eigenvalue weighted by Crippen LogP contribution is 2.16. The van der Waals surface area contributed by atoms with Crippen molar-refractivity contribution in [3.8, 4) is 0 Å². The lowest BCUT2D eigenvalue weighted by Crippen LogP contribution is -1.89. The Morgan fingerprint density at radius 1 is 1.54 bits per heavy atom. The van der Waals surface area contributed by atoms with Crippen LogP contribution in [0.3, 0.4) is 0 Å². The van der Waals surface area contributed by atoms with Crippen molar-refractivity contribution in [3.05, 3.63) is 29.0 Å². The van der Waals surface area contributed by atoms with Gasteiger partial charge in [0.05, 0.1) is 16.7 Å². The highest BCUT2D eigenvalue weighted by molar-refractivity contribution is 6.29. The maximum absolute atomic E-state index is 11.0. The van der Waals surface area contributed by atoms with E-state index >= 15 is 0 Å². The molecule has 2 rings (SSSR count). The molecule has 0 saturated carbocycles. The van der Waals surface area contributed by atoms with Crippen LogP contribution in [0.5, 0.6) is 0 Å². The number of Topliss-reactive ketones (excluding diaryl/α,β-unsaturated/α-hetero) is 1. The summed E-state index contributed by atoms with van der Waals surface area (Å²) < 4.78 is 0. The van der Waals surface area contributed by atoms with Crippen molar-refractivity contribution in [1.82, 2.24) is 9.97 Å². The first-order valence-electron chi connectivity index (χ1n) is 3.83. The molecular weight excluding hydrogens is 188 g/mol. The molecule has 0 aromatic carbocycles. The first-order chi connectivity index (χ1) is 6.16. The predicted octanol–water partition coefficient (Wildman–Crippen LogP) is 2.42. The van der Waals surface area contributed by atoms with Crippen LogP contribution < -0.4 is 0 Å². The van der Waals surface area contributed by atoms with E-state index in [1.165, 1.54) is 6.92 Å². The number of hydrogen-bond donors (Lipinski definition) is 1. The molecule has 0 aliphatic rings. The SMILES string of the molecule is CC(=O)c1cc2nc(Cl)ccc2[nH]1. The van der Waals surface area contributed by atoms with E-state index in [-0.39, 0.29) is 5.78 Å². The number of carbonyl (C=O) groups excluding carboxylic acids is 1. The van der Waals surface area contributed by atoms with Gasteiger partial charge in [0, 0.05) is 6.92 Å². The zero-order chi connectivity index (χ0) is 9.42. The molecule has 4 heteroatoms. The Balaban J connectivity index is 2.68. The Kier molecular flexibility index (Phi) is 1.81. The number of nitrogens with zero attached hydrogens (tertiary/aromatic N) is 1. The van der Waals surface area contributed by atoms with Crippen LogP contribution >= 0.6 is 11.6 Å². The number of nitrogens with one attached hydrogen (secondary N) is 1. The van der Waals surface area contributed by atoms with Crippen LogP contribution in [-0.2, 0) is 0 Å². The highest BCUT2D eigenvalue weighted by Gasteiger charge is 2.05. The normalized spacial score (nSPS) is 10.6. The van der Waals surface area contributed by atoms with Gasteiger partial charge in [-0.25, -0.2) is 4.98 Å². The topological polar surface area (TPSA) is 45.8 Å². The number of hydrogen-bond acceptors (Lipinski definition) is 2. The average molecular weight is 195 g/mol. The van der Waals surface area contributed by atoms with E-state index < -0.39 is 0 Å². The summed E-state index contributed by atoms with van der Waals surface area (Å²) in [7, 11) is 0. The minimum absolute atomic E-state index is 0.00544. The van der Waals surface area contributed by atoms with Gasteiger partial charge < -0.3 is 4.98 Å². The van der Waals surface area contributed by atoms with E-state index in [9.17, 15) is 4.79 Å².